The second-order valence-corrected chi connectivity index (χ2v) is 9.11. The average molecular weight is 403 g/mol. The minimum atomic E-state index is -1.09. The van der Waals surface area contributed by atoms with Gasteiger partial charge in [-0.3, -0.25) is 4.79 Å². The zero-order valence-corrected chi connectivity index (χ0v) is 19.3. The van der Waals surface area contributed by atoms with Gasteiger partial charge in [-0.1, -0.05) is 82.6 Å². The largest absolute Gasteiger partial charge is 0.375 e. The second kappa shape index (κ2) is 13.0. The molecule has 1 aliphatic heterocycles. The van der Waals surface area contributed by atoms with Crippen LogP contribution in [0, 0.1) is 17.3 Å². The Balaban J connectivity index is 2.20. The first-order chi connectivity index (χ1) is 13.7. The number of aliphatic hydroxyl groups is 1. The fourth-order valence-corrected chi connectivity index (χ4v) is 3.29. The van der Waals surface area contributed by atoms with E-state index in [9.17, 15) is 9.90 Å². The van der Waals surface area contributed by atoms with E-state index < -0.39 is 5.60 Å². The summed E-state index contributed by atoms with van der Waals surface area (Å²) in [6.07, 6.45) is 19.0. The molecule has 0 bridgehead atoms. The number of epoxide rings is 1. The maximum atomic E-state index is 11.6. The van der Waals surface area contributed by atoms with Crippen molar-refractivity contribution in [1.82, 2.24) is 0 Å². The molecule has 0 aromatic heterocycles. The van der Waals surface area contributed by atoms with Crippen LogP contribution in [0.15, 0.2) is 24.3 Å². The molecule has 1 rings (SSSR count). The lowest BCUT2D eigenvalue weighted by Gasteiger charge is -2.20. The fourth-order valence-electron chi connectivity index (χ4n) is 3.29. The highest BCUT2D eigenvalue weighted by Gasteiger charge is 2.50. The lowest BCUT2D eigenvalue weighted by Crippen LogP contribution is -2.30. The topological polar surface area (TPSA) is 49.8 Å². The second-order valence-electron chi connectivity index (χ2n) is 9.11. The molecular formula is C26H42O3. The molecule has 0 aliphatic carbocycles. The molecule has 3 unspecified atom stereocenters. The third-order valence-corrected chi connectivity index (χ3v) is 5.77. The van der Waals surface area contributed by atoms with E-state index in [1.54, 1.807) is 13.8 Å². The highest BCUT2D eigenvalue weighted by molar-refractivity contribution is 5.81. The van der Waals surface area contributed by atoms with E-state index in [1.165, 1.54) is 25.7 Å². The third-order valence-electron chi connectivity index (χ3n) is 5.77. The van der Waals surface area contributed by atoms with Gasteiger partial charge in [-0.05, 0) is 46.0 Å². The first-order valence-electron chi connectivity index (χ1n) is 11.4. The molecule has 3 heteroatoms. The molecule has 1 saturated heterocycles. The molecule has 1 fully saturated rings. The number of ketones is 1. The molecule has 164 valence electrons. The molecule has 3 nitrogen and oxygen atoms in total. The van der Waals surface area contributed by atoms with Crippen molar-refractivity contribution in [3.63, 3.8) is 0 Å². The zero-order chi connectivity index (χ0) is 21.8. The normalized spacial score (nSPS) is 21.2. The summed E-state index contributed by atoms with van der Waals surface area (Å²) in [7, 11) is 0. The van der Waals surface area contributed by atoms with Crippen molar-refractivity contribution < 1.29 is 14.6 Å². The Hall–Kier alpha value is -1.37. The number of carbonyl (C=O) groups is 1. The van der Waals surface area contributed by atoms with Gasteiger partial charge in [0.2, 0.25) is 0 Å². The number of hydrogen-bond donors (Lipinski definition) is 1. The maximum absolute atomic E-state index is 11.6. The van der Waals surface area contributed by atoms with Gasteiger partial charge in [0.1, 0.15) is 11.9 Å². The monoisotopic (exact) mass is 402 g/mol. The van der Waals surface area contributed by atoms with Crippen molar-refractivity contribution >= 4 is 5.78 Å². The van der Waals surface area contributed by atoms with Gasteiger partial charge in [-0.15, -0.1) is 0 Å². The SMILES string of the molecule is CCCCC/C=C\C/C=C\CC#CC(C)(O)C1OC1CCCCC(C)(C)C(C)=O. The molecule has 0 radical (unpaired) electrons. The van der Waals surface area contributed by atoms with Crippen LogP contribution in [0.3, 0.4) is 0 Å². The van der Waals surface area contributed by atoms with Gasteiger partial charge in [-0.25, -0.2) is 0 Å². The summed E-state index contributed by atoms with van der Waals surface area (Å²) in [5, 5.41) is 10.5. The van der Waals surface area contributed by atoms with Crippen molar-refractivity contribution in [2.75, 3.05) is 0 Å². The van der Waals surface area contributed by atoms with Gasteiger partial charge in [0.15, 0.2) is 5.60 Å². The number of carbonyl (C=O) groups excluding carboxylic acids is 1. The third kappa shape index (κ3) is 10.8. The van der Waals surface area contributed by atoms with Crippen LogP contribution in [0.25, 0.3) is 0 Å². The van der Waals surface area contributed by atoms with E-state index >= 15 is 0 Å². The Labute approximate surface area is 179 Å². The van der Waals surface area contributed by atoms with Crippen molar-refractivity contribution in [2.24, 2.45) is 5.41 Å². The Kier molecular flexibility index (Phi) is 11.5. The summed E-state index contributed by atoms with van der Waals surface area (Å²) < 4.78 is 5.67. The van der Waals surface area contributed by atoms with E-state index in [4.69, 9.17) is 4.74 Å². The van der Waals surface area contributed by atoms with Gasteiger partial charge >= 0.3 is 0 Å². The lowest BCUT2D eigenvalue weighted by atomic mass is 9.83. The first-order valence-corrected chi connectivity index (χ1v) is 11.4. The van der Waals surface area contributed by atoms with E-state index in [0.717, 1.165) is 32.1 Å². The minimum absolute atomic E-state index is 0.0909. The summed E-state index contributed by atoms with van der Waals surface area (Å²) in [6.45, 7) is 9.64. The van der Waals surface area contributed by atoms with Crippen LogP contribution < -0.4 is 0 Å². The number of allylic oxidation sites excluding steroid dienone is 4. The van der Waals surface area contributed by atoms with Crippen molar-refractivity contribution in [2.45, 2.75) is 117 Å². The van der Waals surface area contributed by atoms with Crippen molar-refractivity contribution in [3.8, 4) is 11.8 Å². The van der Waals surface area contributed by atoms with Crippen LogP contribution in [0.4, 0.5) is 0 Å². The predicted octanol–water partition coefficient (Wildman–Crippen LogP) is 6.16. The molecule has 29 heavy (non-hydrogen) atoms. The minimum Gasteiger partial charge on any atom is -0.375 e. The van der Waals surface area contributed by atoms with Crippen molar-refractivity contribution in [3.05, 3.63) is 24.3 Å². The summed E-state index contributed by atoms with van der Waals surface area (Å²) in [4.78, 5) is 11.6. The molecule has 1 N–H and O–H groups in total. The number of Topliss-reactive ketones (excluding diaryl/α,β-unsaturated/α-hetero) is 1. The quantitative estimate of drug-likeness (QED) is 0.164. The number of unbranched alkanes of at least 4 members (excludes halogenated alkanes) is 4. The average Bonchev–Trinajstić information content (AvgIpc) is 3.44. The van der Waals surface area contributed by atoms with E-state index in [2.05, 4.69) is 43.1 Å². The Morgan fingerprint density at radius 1 is 1.07 bits per heavy atom. The molecule has 0 aromatic carbocycles. The molecule has 0 saturated carbocycles. The molecule has 1 aliphatic rings. The Morgan fingerprint density at radius 3 is 2.48 bits per heavy atom. The molecule has 1 heterocycles. The van der Waals surface area contributed by atoms with Crippen LogP contribution in [0.2, 0.25) is 0 Å². The standard InChI is InChI=1S/C26H42O3/c1-6-7-8-9-10-11-12-13-14-15-17-21-26(5,28)24-23(29-24)19-16-18-20-25(3,4)22(2)27/h10-11,13-14,23-24,28H,6-9,12,15-16,18-20H2,1-5H3/b11-10-,14-13-. The smallest absolute Gasteiger partial charge is 0.151 e. The highest BCUT2D eigenvalue weighted by Crippen LogP contribution is 2.36. The first kappa shape index (κ1) is 25.7. The number of hydrogen-bond acceptors (Lipinski definition) is 3. The Bertz CT molecular complexity index is 601. The van der Waals surface area contributed by atoms with Crippen molar-refractivity contribution in [1.29, 1.82) is 0 Å². The van der Waals surface area contributed by atoms with E-state index in [0.29, 0.717) is 6.42 Å². The number of ether oxygens (including phenoxy) is 1. The van der Waals surface area contributed by atoms with Crippen LogP contribution in [0.1, 0.15) is 98.8 Å². The molecule has 0 amide bonds. The Morgan fingerprint density at radius 2 is 1.79 bits per heavy atom. The maximum Gasteiger partial charge on any atom is 0.151 e. The van der Waals surface area contributed by atoms with Gasteiger partial charge in [-0.2, -0.15) is 0 Å². The van der Waals surface area contributed by atoms with Gasteiger partial charge < -0.3 is 9.84 Å². The van der Waals surface area contributed by atoms with Gasteiger partial charge in [0.25, 0.3) is 0 Å². The van der Waals surface area contributed by atoms with Gasteiger partial charge in [0.05, 0.1) is 6.10 Å². The van der Waals surface area contributed by atoms with Crippen LogP contribution in [-0.2, 0) is 9.53 Å². The molecular weight excluding hydrogens is 360 g/mol. The van der Waals surface area contributed by atoms with Crippen LogP contribution in [0.5, 0.6) is 0 Å². The molecule has 0 spiro atoms. The van der Waals surface area contributed by atoms with Crippen LogP contribution in [-0.4, -0.2) is 28.7 Å². The molecule has 0 aromatic rings. The van der Waals surface area contributed by atoms with Crippen LogP contribution >= 0.6 is 0 Å². The lowest BCUT2D eigenvalue weighted by molar-refractivity contribution is -0.125. The van der Waals surface area contributed by atoms with Gasteiger partial charge in [0, 0.05) is 11.8 Å². The fraction of sp³-hybridized carbons (Fsp3) is 0.731. The van der Waals surface area contributed by atoms with E-state index in [1.807, 2.05) is 13.8 Å². The predicted molar refractivity (Wildman–Crippen MR) is 122 cm³/mol. The molecule has 3 atom stereocenters. The number of rotatable bonds is 14. The summed E-state index contributed by atoms with van der Waals surface area (Å²) in [5.74, 6) is 6.27. The van der Waals surface area contributed by atoms with E-state index in [-0.39, 0.29) is 23.4 Å². The highest BCUT2D eigenvalue weighted by atomic mass is 16.6. The summed E-state index contributed by atoms with van der Waals surface area (Å²) in [5.41, 5.74) is -1.32. The summed E-state index contributed by atoms with van der Waals surface area (Å²) in [6, 6.07) is 0. The summed E-state index contributed by atoms with van der Waals surface area (Å²) >= 11 is 0. The zero-order valence-electron chi connectivity index (χ0n) is 19.3.